The SMILES string of the molecule is O=C(O)c1ccc(C=NNc2c(F)c(F)c(F)c(F)c2F)cc1. The second-order valence-electron chi connectivity index (χ2n) is 4.24. The monoisotopic (exact) mass is 330 g/mol. The number of nitrogens with zero attached hydrogens (tertiary/aromatic N) is 1. The Hall–Kier alpha value is -2.97. The highest BCUT2D eigenvalue weighted by molar-refractivity contribution is 5.89. The maximum atomic E-state index is 13.3. The van der Waals surface area contributed by atoms with Gasteiger partial charge in [-0.25, -0.2) is 26.7 Å². The summed E-state index contributed by atoms with van der Waals surface area (Å²) in [5.74, 6) is -11.7. The van der Waals surface area contributed by atoms with E-state index >= 15 is 0 Å². The molecule has 0 spiro atoms. The van der Waals surface area contributed by atoms with Gasteiger partial charge >= 0.3 is 5.97 Å². The second-order valence-corrected chi connectivity index (χ2v) is 4.24. The Morgan fingerprint density at radius 2 is 1.39 bits per heavy atom. The number of nitrogens with one attached hydrogen (secondary N) is 1. The van der Waals surface area contributed by atoms with Crippen LogP contribution < -0.4 is 5.43 Å². The number of carboxylic acids is 1. The molecular weight excluding hydrogens is 323 g/mol. The largest absolute Gasteiger partial charge is 0.478 e. The maximum absolute atomic E-state index is 13.3. The van der Waals surface area contributed by atoms with Crippen LogP contribution in [-0.2, 0) is 0 Å². The van der Waals surface area contributed by atoms with Gasteiger partial charge in [0, 0.05) is 0 Å². The number of hydrogen-bond donors (Lipinski definition) is 2. The Bertz CT molecular complexity index is 762. The van der Waals surface area contributed by atoms with Gasteiger partial charge in [0.05, 0.1) is 11.8 Å². The summed E-state index contributed by atoms with van der Waals surface area (Å²) in [6.07, 6.45) is 1.02. The van der Waals surface area contributed by atoms with E-state index in [0.29, 0.717) is 5.56 Å². The molecule has 23 heavy (non-hydrogen) atoms. The maximum Gasteiger partial charge on any atom is 0.335 e. The third kappa shape index (κ3) is 3.28. The summed E-state index contributed by atoms with van der Waals surface area (Å²) in [5, 5.41) is 12.1. The molecule has 0 saturated heterocycles. The molecule has 9 heteroatoms. The smallest absolute Gasteiger partial charge is 0.335 e. The number of hydrogen-bond acceptors (Lipinski definition) is 3. The minimum atomic E-state index is -2.27. The molecule has 0 atom stereocenters. The van der Waals surface area contributed by atoms with Crippen molar-refractivity contribution in [3.8, 4) is 0 Å². The fourth-order valence-electron chi connectivity index (χ4n) is 1.59. The van der Waals surface area contributed by atoms with Crippen molar-refractivity contribution >= 4 is 17.9 Å². The first-order valence-electron chi connectivity index (χ1n) is 5.96. The number of aromatic carboxylic acids is 1. The molecule has 0 heterocycles. The number of benzene rings is 2. The van der Waals surface area contributed by atoms with E-state index < -0.39 is 40.7 Å². The molecule has 0 radical (unpaired) electrons. The van der Waals surface area contributed by atoms with Crippen LogP contribution in [0.3, 0.4) is 0 Å². The van der Waals surface area contributed by atoms with E-state index in [1.165, 1.54) is 24.3 Å². The number of anilines is 1. The molecule has 4 nitrogen and oxygen atoms in total. The average Bonchev–Trinajstić information content (AvgIpc) is 2.54. The molecule has 0 amide bonds. The summed E-state index contributed by atoms with van der Waals surface area (Å²) in [4.78, 5) is 10.6. The van der Waals surface area contributed by atoms with E-state index in [-0.39, 0.29) is 5.56 Å². The highest BCUT2D eigenvalue weighted by Crippen LogP contribution is 2.26. The van der Waals surface area contributed by atoms with Crippen LogP contribution in [0.5, 0.6) is 0 Å². The Morgan fingerprint density at radius 3 is 1.87 bits per heavy atom. The van der Waals surface area contributed by atoms with Gasteiger partial charge in [-0.2, -0.15) is 5.10 Å². The molecule has 0 unspecified atom stereocenters. The van der Waals surface area contributed by atoms with Crippen molar-refractivity contribution in [1.82, 2.24) is 0 Å². The molecule has 0 aliphatic rings. The Balaban J connectivity index is 2.22. The molecule has 0 aliphatic carbocycles. The van der Waals surface area contributed by atoms with E-state index in [1.54, 1.807) is 5.43 Å². The molecule has 0 aromatic heterocycles. The van der Waals surface area contributed by atoms with Crippen LogP contribution in [0, 0.1) is 29.1 Å². The Morgan fingerprint density at radius 1 is 0.913 bits per heavy atom. The van der Waals surface area contributed by atoms with Gasteiger partial charge in [0.25, 0.3) is 0 Å². The fraction of sp³-hybridized carbons (Fsp3) is 0. The Kier molecular flexibility index (Phi) is 4.58. The Labute approximate surface area is 125 Å². The van der Waals surface area contributed by atoms with Gasteiger partial charge in [-0.15, -0.1) is 0 Å². The molecule has 0 saturated carbocycles. The van der Waals surface area contributed by atoms with Crippen molar-refractivity contribution in [3.63, 3.8) is 0 Å². The van der Waals surface area contributed by atoms with Gasteiger partial charge < -0.3 is 5.11 Å². The third-order valence-corrected chi connectivity index (χ3v) is 2.76. The highest BCUT2D eigenvalue weighted by atomic mass is 19.2. The number of rotatable bonds is 4. The average molecular weight is 330 g/mol. The number of halogens is 5. The number of carboxylic acid groups (broad SMARTS) is 1. The van der Waals surface area contributed by atoms with Crippen LogP contribution in [0.2, 0.25) is 0 Å². The van der Waals surface area contributed by atoms with Crippen molar-refractivity contribution in [1.29, 1.82) is 0 Å². The first kappa shape index (κ1) is 16.4. The normalized spacial score (nSPS) is 11.0. The first-order valence-corrected chi connectivity index (χ1v) is 5.96. The lowest BCUT2D eigenvalue weighted by atomic mass is 10.1. The van der Waals surface area contributed by atoms with Crippen molar-refractivity contribution in [3.05, 3.63) is 64.5 Å². The summed E-state index contributed by atoms with van der Waals surface area (Å²) < 4.78 is 65.5. The van der Waals surface area contributed by atoms with Crippen LogP contribution >= 0.6 is 0 Å². The van der Waals surface area contributed by atoms with Crippen molar-refractivity contribution in [2.45, 2.75) is 0 Å². The molecule has 0 aliphatic heterocycles. The van der Waals surface area contributed by atoms with Crippen molar-refractivity contribution in [2.24, 2.45) is 5.10 Å². The zero-order valence-electron chi connectivity index (χ0n) is 11.1. The first-order chi connectivity index (χ1) is 10.8. The van der Waals surface area contributed by atoms with Crippen molar-refractivity contribution in [2.75, 3.05) is 5.43 Å². The zero-order valence-corrected chi connectivity index (χ0v) is 11.1. The van der Waals surface area contributed by atoms with Gasteiger partial charge in [-0.3, -0.25) is 5.43 Å². The minimum Gasteiger partial charge on any atom is -0.478 e. The number of hydrazone groups is 1. The quantitative estimate of drug-likeness (QED) is 0.296. The molecule has 120 valence electrons. The molecular formula is C14H7F5N2O2. The topological polar surface area (TPSA) is 61.7 Å². The van der Waals surface area contributed by atoms with E-state index in [1.807, 2.05) is 0 Å². The van der Waals surface area contributed by atoms with Crippen LogP contribution in [0.25, 0.3) is 0 Å². The van der Waals surface area contributed by atoms with Gasteiger partial charge in [0.1, 0.15) is 5.69 Å². The summed E-state index contributed by atoms with van der Waals surface area (Å²) in [6, 6.07) is 5.19. The van der Waals surface area contributed by atoms with E-state index in [4.69, 9.17) is 5.11 Å². The van der Waals surface area contributed by atoms with E-state index in [2.05, 4.69) is 5.10 Å². The van der Waals surface area contributed by atoms with Crippen LogP contribution in [0.4, 0.5) is 27.6 Å². The molecule has 2 aromatic rings. The molecule has 0 bridgehead atoms. The standard InChI is InChI=1S/C14H7F5N2O2/c15-8-9(16)11(18)13(12(19)10(8)17)21-20-5-6-1-3-7(4-2-6)14(22)23/h1-5,21H,(H,22,23). The lowest BCUT2D eigenvalue weighted by Gasteiger charge is -2.06. The summed E-state index contributed by atoms with van der Waals surface area (Å²) in [6.45, 7) is 0. The number of carbonyl (C=O) groups is 1. The predicted octanol–water partition coefficient (Wildman–Crippen LogP) is 3.53. The lowest BCUT2D eigenvalue weighted by Crippen LogP contribution is -2.06. The van der Waals surface area contributed by atoms with E-state index in [9.17, 15) is 26.7 Å². The van der Waals surface area contributed by atoms with E-state index in [0.717, 1.165) is 6.21 Å². The van der Waals surface area contributed by atoms with Gasteiger partial charge in [0.15, 0.2) is 23.3 Å². The molecule has 2 aromatic carbocycles. The molecule has 2 rings (SSSR count). The zero-order chi connectivity index (χ0) is 17.1. The summed E-state index contributed by atoms with van der Waals surface area (Å²) in [5.41, 5.74) is 0.789. The van der Waals surface area contributed by atoms with Crippen LogP contribution in [0.1, 0.15) is 15.9 Å². The lowest BCUT2D eigenvalue weighted by molar-refractivity contribution is 0.0697. The van der Waals surface area contributed by atoms with Crippen LogP contribution in [0.15, 0.2) is 29.4 Å². The van der Waals surface area contributed by atoms with Gasteiger partial charge in [0.2, 0.25) is 5.82 Å². The molecule has 2 N–H and O–H groups in total. The second kappa shape index (κ2) is 6.42. The van der Waals surface area contributed by atoms with Crippen molar-refractivity contribution < 1.29 is 31.9 Å². The third-order valence-electron chi connectivity index (χ3n) is 2.76. The van der Waals surface area contributed by atoms with Gasteiger partial charge in [-0.05, 0) is 17.7 Å². The highest BCUT2D eigenvalue weighted by Gasteiger charge is 2.25. The summed E-state index contributed by atoms with van der Waals surface area (Å²) >= 11 is 0. The minimum absolute atomic E-state index is 0.00914. The fourth-order valence-corrected chi connectivity index (χ4v) is 1.59. The summed E-state index contributed by atoms with van der Waals surface area (Å²) in [7, 11) is 0. The molecule has 0 fully saturated rings. The predicted molar refractivity (Wildman–Crippen MR) is 70.8 cm³/mol. The van der Waals surface area contributed by atoms with Gasteiger partial charge in [-0.1, -0.05) is 12.1 Å². The van der Waals surface area contributed by atoms with Crippen LogP contribution in [-0.4, -0.2) is 17.3 Å².